The van der Waals surface area contributed by atoms with Crippen molar-refractivity contribution < 1.29 is 17.9 Å². The van der Waals surface area contributed by atoms with Gasteiger partial charge in [0.05, 0.1) is 11.6 Å². The second-order valence-electron chi connectivity index (χ2n) is 3.92. The monoisotopic (exact) mass is 341 g/mol. The minimum Gasteiger partial charge on any atom is -0.406 e. The van der Waals surface area contributed by atoms with E-state index in [0.717, 1.165) is 0 Å². The molecule has 2 aromatic rings. The summed E-state index contributed by atoms with van der Waals surface area (Å²) in [5.41, 5.74) is 1.57. The van der Waals surface area contributed by atoms with E-state index < -0.39 is 6.36 Å². The first-order valence-corrected chi connectivity index (χ1v) is 6.23. The zero-order valence-corrected chi connectivity index (χ0v) is 11.5. The molecule has 0 amide bonds. The lowest BCUT2D eigenvalue weighted by Crippen LogP contribution is -2.17. The fourth-order valence-corrected chi connectivity index (χ4v) is 2.19. The first-order chi connectivity index (χ1) is 9.37. The van der Waals surface area contributed by atoms with Crippen LogP contribution in [0.5, 0.6) is 5.75 Å². The maximum atomic E-state index is 12.2. The third kappa shape index (κ3) is 3.75. The average molecular weight is 342 g/mol. The second kappa shape index (κ2) is 5.55. The van der Waals surface area contributed by atoms with Crippen LogP contribution in [-0.2, 0) is 0 Å². The Morgan fingerprint density at radius 2 is 1.80 bits per heavy atom. The summed E-state index contributed by atoms with van der Waals surface area (Å²) in [4.78, 5) is 0. The molecular weight excluding hydrogens is 335 g/mol. The van der Waals surface area contributed by atoms with E-state index >= 15 is 0 Å². The van der Waals surface area contributed by atoms with E-state index in [-0.39, 0.29) is 5.75 Å². The van der Waals surface area contributed by atoms with Crippen molar-refractivity contribution in [2.24, 2.45) is 0 Å². The van der Waals surface area contributed by atoms with Gasteiger partial charge >= 0.3 is 6.36 Å². The van der Waals surface area contributed by atoms with Gasteiger partial charge in [-0.2, -0.15) is 5.26 Å². The van der Waals surface area contributed by atoms with Gasteiger partial charge in [-0.05, 0) is 41.5 Å². The summed E-state index contributed by atoms with van der Waals surface area (Å²) >= 11 is 3.26. The van der Waals surface area contributed by atoms with Crippen LogP contribution < -0.4 is 4.74 Å². The van der Waals surface area contributed by atoms with Crippen LogP contribution in [0.25, 0.3) is 11.1 Å². The number of alkyl halides is 3. The Hall–Kier alpha value is -2.00. The SMILES string of the molecule is N#Cc1cc(Br)cc(-c2cccc(OC(F)(F)F)c2)c1. The van der Waals surface area contributed by atoms with Crippen molar-refractivity contribution in [3.8, 4) is 22.9 Å². The molecule has 0 radical (unpaired) electrons. The topological polar surface area (TPSA) is 33.0 Å². The number of hydrogen-bond donors (Lipinski definition) is 0. The van der Waals surface area contributed by atoms with Crippen LogP contribution in [0.1, 0.15) is 5.56 Å². The zero-order valence-electron chi connectivity index (χ0n) is 9.91. The molecule has 0 saturated carbocycles. The molecule has 0 spiro atoms. The molecule has 0 saturated heterocycles. The summed E-state index contributed by atoms with van der Waals surface area (Å²) in [6.45, 7) is 0. The largest absolute Gasteiger partial charge is 0.573 e. The van der Waals surface area contributed by atoms with E-state index in [9.17, 15) is 13.2 Å². The molecule has 6 heteroatoms. The van der Waals surface area contributed by atoms with Crippen LogP contribution in [0.4, 0.5) is 13.2 Å². The molecule has 0 N–H and O–H groups in total. The molecule has 0 heterocycles. The number of rotatable bonds is 2. The number of nitriles is 1. The highest BCUT2D eigenvalue weighted by Gasteiger charge is 2.31. The molecule has 2 rings (SSSR count). The van der Waals surface area contributed by atoms with Crippen molar-refractivity contribution in [3.05, 3.63) is 52.5 Å². The van der Waals surface area contributed by atoms with Gasteiger partial charge in [0.25, 0.3) is 0 Å². The minimum atomic E-state index is -4.73. The zero-order chi connectivity index (χ0) is 14.8. The quantitative estimate of drug-likeness (QED) is 0.779. The molecule has 20 heavy (non-hydrogen) atoms. The van der Waals surface area contributed by atoms with Crippen molar-refractivity contribution in [2.75, 3.05) is 0 Å². The number of ether oxygens (including phenoxy) is 1. The molecule has 0 fully saturated rings. The van der Waals surface area contributed by atoms with Gasteiger partial charge in [0.15, 0.2) is 0 Å². The summed E-state index contributed by atoms with van der Waals surface area (Å²) in [5, 5.41) is 8.90. The third-order valence-corrected chi connectivity index (χ3v) is 2.89. The fourth-order valence-electron chi connectivity index (χ4n) is 1.69. The number of halogens is 4. The van der Waals surface area contributed by atoms with E-state index in [1.807, 2.05) is 6.07 Å². The van der Waals surface area contributed by atoms with E-state index in [4.69, 9.17) is 5.26 Å². The predicted molar refractivity (Wildman–Crippen MR) is 71.0 cm³/mol. The van der Waals surface area contributed by atoms with E-state index in [1.165, 1.54) is 18.2 Å². The van der Waals surface area contributed by atoms with Crippen LogP contribution in [0.2, 0.25) is 0 Å². The molecule has 0 aromatic heterocycles. The summed E-state index contributed by atoms with van der Waals surface area (Å²) in [5.74, 6) is -0.298. The van der Waals surface area contributed by atoms with Gasteiger partial charge in [-0.15, -0.1) is 13.2 Å². The lowest BCUT2D eigenvalue weighted by atomic mass is 10.0. The second-order valence-corrected chi connectivity index (χ2v) is 4.83. The smallest absolute Gasteiger partial charge is 0.406 e. The summed E-state index contributed by atoms with van der Waals surface area (Å²) < 4.78 is 41.1. The normalized spacial score (nSPS) is 10.9. The van der Waals surface area contributed by atoms with Gasteiger partial charge in [0.2, 0.25) is 0 Å². The standard InChI is InChI=1S/C14H7BrF3NO/c15-12-5-9(8-19)4-11(6-12)10-2-1-3-13(7-10)20-14(16,17)18/h1-7H. The van der Waals surface area contributed by atoms with E-state index in [1.54, 1.807) is 24.3 Å². The molecule has 0 aliphatic carbocycles. The molecule has 0 unspecified atom stereocenters. The van der Waals surface area contributed by atoms with Gasteiger partial charge < -0.3 is 4.74 Å². The first kappa shape index (κ1) is 14.4. The molecule has 0 bridgehead atoms. The van der Waals surface area contributed by atoms with Crippen molar-refractivity contribution in [1.29, 1.82) is 5.26 Å². The Labute approximate surface area is 121 Å². The van der Waals surface area contributed by atoms with Crippen LogP contribution in [0, 0.1) is 11.3 Å². The summed E-state index contributed by atoms with van der Waals surface area (Å²) in [6, 6.07) is 12.5. The van der Waals surface area contributed by atoms with Crippen LogP contribution in [0.15, 0.2) is 46.9 Å². The highest BCUT2D eigenvalue weighted by atomic mass is 79.9. The first-order valence-electron chi connectivity index (χ1n) is 5.44. The van der Waals surface area contributed by atoms with Gasteiger partial charge in [-0.3, -0.25) is 0 Å². The number of hydrogen-bond acceptors (Lipinski definition) is 2. The Kier molecular flexibility index (Phi) is 4.00. The Morgan fingerprint density at radius 1 is 1.05 bits per heavy atom. The molecule has 2 aromatic carbocycles. The molecular formula is C14H7BrF3NO. The number of benzene rings is 2. The summed E-state index contributed by atoms with van der Waals surface area (Å²) in [6.07, 6.45) is -4.73. The van der Waals surface area contributed by atoms with Gasteiger partial charge in [-0.1, -0.05) is 28.1 Å². The van der Waals surface area contributed by atoms with Gasteiger partial charge in [-0.25, -0.2) is 0 Å². The van der Waals surface area contributed by atoms with Crippen molar-refractivity contribution in [2.45, 2.75) is 6.36 Å². The van der Waals surface area contributed by atoms with Crippen molar-refractivity contribution >= 4 is 15.9 Å². The third-order valence-electron chi connectivity index (χ3n) is 2.43. The van der Waals surface area contributed by atoms with Gasteiger partial charge in [0, 0.05) is 4.47 Å². The molecule has 0 aliphatic rings. The molecule has 102 valence electrons. The highest BCUT2D eigenvalue weighted by molar-refractivity contribution is 9.10. The Balaban J connectivity index is 2.41. The average Bonchev–Trinajstić information content (AvgIpc) is 2.36. The highest BCUT2D eigenvalue weighted by Crippen LogP contribution is 2.30. The predicted octanol–water partition coefficient (Wildman–Crippen LogP) is 4.89. The number of nitrogens with zero attached hydrogens (tertiary/aromatic N) is 1. The van der Waals surface area contributed by atoms with Crippen LogP contribution >= 0.6 is 15.9 Å². The minimum absolute atomic E-state index is 0.298. The van der Waals surface area contributed by atoms with Crippen LogP contribution in [-0.4, -0.2) is 6.36 Å². The van der Waals surface area contributed by atoms with E-state index in [2.05, 4.69) is 20.7 Å². The maximum absolute atomic E-state index is 12.2. The van der Waals surface area contributed by atoms with Gasteiger partial charge in [0.1, 0.15) is 5.75 Å². The lowest BCUT2D eigenvalue weighted by Gasteiger charge is -2.10. The van der Waals surface area contributed by atoms with Crippen molar-refractivity contribution in [1.82, 2.24) is 0 Å². The Bertz CT molecular complexity index is 677. The molecule has 0 atom stereocenters. The lowest BCUT2D eigenvalue weighted by molar-refractivity contribution is -0.274. The fraction of sp³-hybridized carbons (Fsp3) is 0.0714. The Morgan fingerprint density at radius 3 is 2.45 bits per heavy atom. The maximum Gasteiger partial charge on any atom is 0.573 e. The summed E-state index contributed by atoms with van der Waals surface area (Å²) in [7, 11) is 0. The molecule has 0 aliphatic heterocycles. The van der Waals surface area contributed by atoms with Crippen LogP contribution in [0.3, 0.4) is 0 Å². The van der Waals surface area contributed by atoms with E-state index in [0.29, 0.717) is 21.2 Å². The van der Waals surface area contributed by atoms with Crippen molar-refractivity contribution in [3.63, 3.8) is 0 Å². The molecule has 2 nitrogen and oxygen atoms in total.